The van der Waals surface area contributed by atoms with Crippen LogP contribution in [-0.4, -0.2) is 30.0 Å². The van der Waals surface area contributed by atoms with E-state index in [4.69, 9.17) is 25.9 Å². The molecule has 6 heteroatoms. The first kappa shape index (κ1) is 12.4. The molecular weight excluding hydrogens is 240 g/mol. The second-order valence-corrected chi connectivity index (χ2v) is 4.36. The summed E-state index contributed by atoms with van der Waals surface area (Å²) in [7, 11) is 1.47. The normalized spacial score (nSPS) is 12.7. The average molecular weight is 251 g/mol. The summed E-state index contributed by atoms with van der Waals surface area (Å²) < 4.78 is 9.90. The number of carboxylic acids is 1. The Balaban J connectivity index is 2.43. The van der Waals surface area contributed by atoms with Crippen molar-refractivity contribution in [3.05, 3.63) is 23.1 Å². The number of halogens is 1. The van der Waals surface area contributed by atoms with Gasteiger partial charge in [-0.15, -0.1) is 11.8 Å². The minimum atomic E-state index is -0.889. The Kier molecular flexibility index (Phi) is 5.01. The van der Waals surface area contributed by atoms with Gasteiger partial charge in [0.2, 0.25) is 0 Å². The summed E-state index contributed by atoms with van der Waals surface area (Å²) in [5, 5.41) is 8.56. The number of hydrogen-bond donors (Lipinski definition) is 1. The van der Waals surface area contributed by atoms with Crippen molar-refractivity contribution in [1.29, 1.82) is 0 Å². The standard InChI is InChI=1S/C9H11ClO4S/c1-13-4-7(9(11)12)15-5-6-2-3-8(10)14-6/h2-3,7H,4-5H2,1H3,(H,11,12). The van der Waals surface area contributed by atoms with E-state index in [0.717, 1.165) is 0 Å². The molecule has 0 spiro atoms. The largest absolute Gasteiger partial charge is 0.480 e. The molecule has 0 saturated heterocycles. The van der Waals surface area contributed by atoms with Gasteiger partial charge in [0, 0.05) is 7.11 Å². The molecule has 0 aliphatic heterocycles. The van der Waals surface area contributed by atoms with Gasteiger partial charge in [-0.05, 0) is 23.7 Å². The highest BCUT2D eigenvalue weighted by molar-refractivity contribution is 7.99. The van der Waals surface area contributed by atoms with Gasteiger partial charge in [0.1, 0.15) is 11.0 Å². The van der Waals surface area contributed by atoms with Gasteiger partial charge in [0.25, 0.3) is 0 Å². The molecule has 1 atom stereocenters. The average Bonchev–Trinajstić information content (AvgIpc) is 2.58. The van der Waals surface area contributed by atoms with Crippen molar-refractivity contribution in [2.75, 3.05) is 13.7 Å². The molecule has 0 aliphatic rings. The van der Waals surface area contributed by atoms with Gasteiger partial charge in [-0.1, -0.05) is 0 Å². The second kappa shape index (κ2) is 6.05. The van der Waals surface area contributed by atoms with Crippen molar-refractivity contribution in [1.82, 2.24) is 0 Å². The van der Waals surface area contributed by atoms with Gasteiger partial charge in [0.15, 0.2) is 5.22 Å². The molecule has 4 nitrogen and oxygen atoms in total. The van der Waals surface area contributed by atoms with Crippen molar-refractivity contribution in [3.8, 4) is 0 Å². The molecular formula is C9H11ClO4S. The molecule has 1 N–H and O–H groups in total. The fourth-order valence-electron chi connectivity index (χ4n) is 0.954. The maximum atomic E-state index is 10.8. The molecule has 0 fully saturated rings. The quantitative estimate of drug-likeness (QED) is 0.839. The van der Waals surface area contributed by atoms with Crippen LogP contribution in [0.15, 0.2) is 16.5 Å². The van der Waals surface area contributed by atoms with Crippen molar-refractivity contribution in [3.63, 3.8) is 0 Å². The zero-order valence-corrected chi connectivity index (χ0v) is 9.68. The number of thioether (sulfide) groups is 1. The summed E-state index contributed by atoms with van der Waals surface area (Å²) in [5.41, 5.74) is 0. The summed E-state index contributed by atoms with van der Waals surface area (Å²) in [4.78, 5) is 10.8. The maximum Gasteiger partial charge on any atom is 0.319 e. The molecule has 0 saturated carbocycles. The summed E-state index contributed by atoms with van der Waals surface area (Å²) in [5.74, 6) is 0.236. The molecule has 0 amide bonds. The van der Waals surface area contributed by atoms with Gasteiger partial charge < -0.3 is 14.3 Å². The van der Waals surface area contributed by atoms with Crippen LogP contribution in [0.4, 0.5) is 0 Å². The van der Waals surface area contributed by atoms with E-state index >= 15 is 0 Å². The van der Waals surface area contributed by atoms with E-state index in [0.29, 0.717) is 16.7 Å². The van der Waals surface area contributed by atoms with Gasteiger partial charge in [-0.3, -0.25) is 4.79 Å². The van der Waals surface area contributed by atoms with E-state index < -0.39 is 11.2 Å². The zero-order valence-electron chi connectivity index (χ0n) is 8.10. The Morgan fingerprint density at radius 1 is 1.73 bits per heavy atom. The number of rotatable bonds is 6. The van der Waals surface area contributed by atoms with Gasteiger partial charge in [-0.2, -0.15) is 0 Å². The molecule has 1 aromatic rings. The van der Waals surface area contributed by atoms with Gasteiger partial charge in [-0.25, -0.2) is 0 Å². The third-order valence-corrected chi connectivity index (χ3v) is 3.04. The number of hydrogen-bond acceptors (Lipinski definition) is 4. The minimum Gasteiger partial charge on any atom is -0.480 e. The summed E-state index contributed by atoms with van der Waals surface area (Å²) in [6.45, 7) is 0.175. The smallest absolute Gasteiger partial charge is 0.319 e. The number of furan rings is 1. The van der Waals surface area contributed by atoms with Crippen LogP contribution in [-0.2, 0) is 15.3 Å². The summed E-state index contributed by atoms with van der Waals surface area (Å²) in [6, 6.07) is 3.35. The van der Waals surface area contributed by atoms with E-state index in [1.807, 2.05) is 0 Å². The van der Waals surface area contributed by atoms with Crippen molar-refractivity contribution >= 4 is 29.3 Å². The second-order valence-electron chi connectivity index (χ2n) is 2.80. The molecule has 0 radical (unpaired) electrons. The third-order valence-electron chi connectivity index (χ3n) is 1.65. The Labute approximate surface area is 96.5 Å². The molecule has 84 valence electrons. The lowest BCUT2D eigenvalue weighted by Gasteiger charge is -2.09. The predicted molar refractivity (Wildman–Crippen MR) is 58.3 cm³/mol. The van der Waals surface area contributed by atoms with E-state index in [1.165, 1.54) is 18.9 Å². The first-order valence-electron chi connectivity index (χ1n) is 4.21. The number of aliphatic carboxylic acids is 1. The van der Waals surface area contributed by atoms with Crippen molar-refractivity contribution in [2.24, 2.45) is 0 Å². The number of ether oxygens (including phenoxy) is 1. The monoisotopic (exact) mass is 250 g/mol. The van der Waals surface area contributed by atoms with E-state index in [2.05, 4.69) is 0 Å². The predicted octanol–water partition coefficient (Wildman–Crippen LogP) is 2.27. The van der Waals surface area contributed by atoms with E-state index in [1.54, 1.807) is 12.1 Å². The molecule has 0 aromatic carbocycles. The van der Waals surface area contributed by atoms with Crippen molar-refractivity contribution in [2.45, 2.75) is 11.0 Å². The van der Waals surface area contributed by atoms with E-state index in [9.17, 15) is 4.79 Å². The van der Waals surface area contributed by atoms with Crippen LogP contribution in [0.3, 0.4) is 0 Å². The van der Waals surface area contributed by atoms with Crippen LogP contribution in [0.1, 0.15) is 5.76 Å². The Morgan fingerprint density at radius 2 is 2.47 bits per heavy atom. The minimum absolute atomic E-state index is 0.175. The van der Waals surface area contributed by atoms with Crippen LogP contribution >= 0.6 is 23.4 Å². The highest BCUT2D eigenvalue weighted by atomic mass is 35.5. The highest BCUT2D eigenvalue weighted by Gasteiger charge is 2.18. The van der Waals surface area contributed by atoms with E-state index in [-0.39, 0.29) is 6.61 Å². The number of methoxy groups -OCH3 is 1. The summed E-state index contributed by atoms with van der Waals surface area (Å²) >= 11 is 6.83. The topological polar surface area (TPSA) is 59.7 Å². The fourth-order valence-corrected chi connectivity index (χ4v) is 2.01. The van der Waals surface area contributed by atoms with Crippen LogP contribution in [0.25, 0.3) is 0 Å². The lowest BCUT2D eigenvalue weighted by molar-refractivity contribution is -0.137. The van der Waals surface area contributed by atoms with Crippen LogP contribution < -0.4 is 0 Å². The molecule has 1 rings (SSSR count). The highest BCUT2D eigenvalue weighted by Crippen LogP contribution is 2.22. The first-order valence-corrected chi connectivity index (χ1v) is 5.63. The summed E-state index contributed by atoms with van der Waals surface area (Å²) in [6.07, 6.45) is 0. The van der Waals surface area contributed by atoms with Crippen LogP contribution in [0, 0.1) is 0 Å². The number of carbonyl (C=O) groups is 1. The maximum absolute atomic E-state index is 10.8. The lowest BCUT2D eigenvalue weighted by Crippen LogP contribution is -2.21. The van der Waals surface area contributed by atoms with Gasteiger partial charge in [0.05, 0.1) is 12.4 Å². The number of carboxylic acid groups (broad SMARTS) is 1. The Hall–Kier alpha value is -0.650. The molecule has 1 aromatic heterocycles. The molecule has 1 heterocycles. The molecule has 0 bridgehead atoms. The molecule has 1 unspecified atom stereocenters. The SMILES string of the molecule is COCC(SCc1ccc(Cl)o1)C(=O)O. The fraction of sp³-hybridized carbons (Fsp3) is 0.444. The zero-order chi connectivity index (χ0) is 11.3. The molecule has 0 aliphatic carbocycles. The van der Waals surface area contributed by atoms with Crippen LogP contribution in [0.2, 0.25) is 5.22 Å². The Bertz CT molecular complexity index is 326. The van der Waals surface area contributed by atoms with Crippen LogP contribution in [0.5, 0.6) is 0 Å². The lowest BCUT2D eigenvalue weighted by atomic mass is 10.4. The first-order chi connectivity index (χ1) is 7.13. The van der Waals surface area contributed by atoms with Gasteiger partial charge >= 0.3 is 5.97 Å². The third kappa shape index (κ3) is 4.15. The molecule has 15 heavy (non-hydrogen) atoms. The Morgan fingerprint density at radius 3 is 2.93 bits per heavy atom. The van der Waals surface area contributed by atoms with Crippen molar-refractivity contribution < 1.29 is 19.1 Å².